The number of aliphatic hydroxyl groups is 4. The molecule has 4 N–H and O–H groups in total. The molecule has 2 rings (SSSR count). The fraction of sp³-hybridized carbons (Fsp3) is 0.625. The number of allylic oxidation sites excluding steroid dienone is 3. The summed E-state index contributed by atoms with van der Waals surface area (Å²) in [5.74, 6) is 0. The molecule has 0 heterocycles. The van der Waals surface area contributed by atoms with Gasteiger partial charge in [0, 0.05) is 6.42 Å². The highest BCUT2D eigenvalue weighted by Crippen LogP contribution is 2.30. The predicted octanol–water partition coefficient (Wildman–Crippen LogP) is 6.66. The third kappa shape index (κ3) is 12.0. The maximum Gasteiger partial charge on any atom is 0.0811 e. The Hall–Kier alpha value is -1.72. The highest BCUT2D eigenvalue weighted by molar-refractivity contribution is 5.68. The average molecular weight is 499 g/mol. The lowest BCUT2D eigenvalue weighted by Crippen LogP contribution is -2.26. The Bertz CT molecular complexity index is 882. The van der Waals surface area contributed by atoms with E-state index >= 15 is 0 Å². The molecule has 36 heavy (non-hydrogen) atoms. The summed E-state index contributed by atoms with van der Waals surface area (Å²) in [6.45, 7) is 11.5. The zero-order valence-electron chi connectivity index (χ0n) is 23.1. The van der Waals surface area contributed by atoms with E-state index in [0.717, 1.165) is 69.8 Å². The van der Waals surface area contributed by atoms with Crippen LogP contribution in [0.2, 0.25) is 0 Å². The first kappa shape index (κ1) is 30.5. The van der Waals surface area contributed by atoms with Gasteiger partial charge in [-0.15, -0.1) is 0 Å². The summed E-state index contributed by atoms with van der Waals surface area (Å²) in [5, 5.41) is 40.2. The van der Waals surface area contributed by atoms with E-state index in [1.165, 1.54) is 16.7 Å². The fourth-order valence-electron chi connectivity index (χ4n) is 4.82. The second-order valence-electron chi connectivity index (χ2n) is 12.0. The molecule has 4 heteroatoms. The van der Waals surface area contributed by atoms with Gasteiger partial charge in [-0.25, -0.2) is 0 Å². The fourth-order valence-corrected chi connectivity index (χ4v) is 4.82. The molecule has 0 saturated heterocycles. The molecule has 202 valence electrons. The maximum atomic E-state index is 10.2. The van der Waals surface area contributed by atoms with Crippen molar-refractivity contribution in [3.05, 3.63) is 65.3 Å². The van der Waals surface area contributed by atoms with Crippen LogP contribution in [-0.2, 0) is 6.42 Å². The number of benzene rings is 1. The standard InChI is InChI=1S/C32H50O4/c1-24-27(22-29(33)23-30(24)34)18-17-26(15-9-7-11-20-32(4,5)36)28-16-12-14-25(21-28)13-8-6-10-19-31(2,3)35/h12,14,16-18,21,29-30,33-36H,1,6-11,13,15,19-20,22-23H2,2-5H3/b26-17+,27-18-/t29-,30?/m1/s1. The Balaban J connectivity index is 2.11. The highest BCUT2D eigenvalue weighted by Gasteiger charge is 2.24. The van der Waals surface area contributed by atoms with E-state index in [4.69, 9.17) is 0 Å². The van der Waals surface area contributed by atoms with Gasteiger partial charge in [0.2, 0.25) is 0 Å². The van der Waals surface area contributed by atoms with E-state index in [1.54, 1.807) is 0 Å². The Morgan fingerprint density at radius 3 is 2.22 bits per heavy atom. The molecular formula is C32H50O4. The van der Waals surface area contributed by atoms with Gasteiger partial charge in [-0.3, -0.25) is 0 Å². The molecule has 1 unspecified atom stereocenters. The molecular weight excluding hydrogens is 448 g/mol. The molecule has 1 saturated carbocycles. The number of hydrogen-bond donors (Lipinski definition) is 4. The van der Waals surface area contributed by atoms with E-state index < -0.39 is 23.4 Å². The molecule has 4 nitrogen and oxygen atoms in total. The summed E-state index contributed by atoms with van der Waals surface area (Å²) in [6, 6.07) is 8.77. The second kappa shape index (κ2) is 14.3. The van der Waals surface area contributed by atoms with Crippen molar-refractivity contribution < 1.29 is 20.4 Å². The van der Waals surface area contributed by atoms with Gasteiger partial charge in [0.15, 0.2) is 0 Å². The minimum atomic E-state index is -0.682. The Morgan fingerprint density at radius 1 is 0.944 bits per heavy atom. The van der Waals surface area contributed by atoms with Crippen LogP contribution >= 0.6 is 0 Å². The molecule has 0 radical (unpaired) electrons. The first-order chi connectivity index (χ1) is 16.8. The van der Waals surface area contributed by atoms with Crippen LogP contribution in [0.4, 0.5) is 0 Å². The quantitative estimate of drug-likeness (QED) is 0.216. The van der Waals surface area contributed by atoms with Crippen molar-refractivity contribution in [3.8, 4) is 0 Å². The van der Waals surface area contributed by atoms with E-state index in [0.29, 0.717) is 18.4 Å². The van der Waals surface area contributed by atoms with Crippen LogP contribution in [0.1, 0.15) is 109 Å². The van der Waals surface area contributed by atoms with Crippen molar-refractivity contribution in [1.29, 1.82) is 0 Å². The summed E-state index contributed by atoms with van der Waals surface area (Å²) < 4.78 is 0. The zero-order valence-corrected chi connectivity index (χ0v) is 23.1. The second-order valence-corrected chi connectivity index (χ2v) is 12.0. The van der Waals surface area contributed by atoms with Crippen molar-refractivity contribution in [2.45, 2.75) is 128 Å². The minimum absolute atomic E-state index is 0.353. The van der Waals surface area contributed by atoms with Crippen molar-refractivity contribution in [2.75, 3.05) is 0 Å². The molecule has 0 bridgehead atoms. The first-order valence-electron chi connectivity index (χ1n) is 13.8. The van der Waals surface area contributed by atoms with E-state index in [9.17, 15) is 20.4 Å². The topological polar surface area (TPSA) is 80.9 Å². The zero-order chi connectivity index (χ0) is 26.8. The monoisotopic (exact) mass is 498 g/mol. The van der Waals surface area contributed by atoms with Crippen LogP contribution in [0.25, 0.3) is 5.57 Å². The number of rotatable bonds is 14. The van der Waals surface area contributed by atoms with Gasteiger partial charge >= 0.3 is 0 Å². The Kier molecular flexibility index (Phi) is 12.1. The molecule has 2 atom stereocenters. The minimum Gasteiger partial charge on any atom is -0.393 e. The lowest BCUT2D eigenvalue weighted by Gasteiger charge is -2.26. The predicted molar refractivity (Wildman–Crippen MR) is 151 cm³/mol. The normalized spacial score (nSPS) is 20.8. The van der Waals surface area contributed by atoms with Crippen LogP contribution in [0, 0.1) is 0 Å². The van der Waals surface area contributed by atoms with Crippen LogP contribution in [0.3, 0.4) is 0 Å². The molecule has 0 amide bonds. The number of unbranched alkanes of at least 4 members (excludes halogenated alkanes) is 4. The summed E-state index contributed by atoms with van der Waals surface area (Å²) >= 11 is 0. The van der Waals surface area contributed by atoms with Crippen LogP contribution in [0.15, 0.2) is 54.1 Å². The SMILES string of the molecule is C=C1/C(=C\C=C(/CCCCCC(C)(C)O)c2cccc(CCCCCC(C)(C)O)c2)C[C@@H](O)CC1O. The van der Waals surface area contributed by atoms with Gasteiger partial charge in [0.05, 0.1) is 23.4 Å². The first-order valence-corrected chi connectivity index (χ1v) is 13.8. The van der Waals surface area contributed by atoms with Gasteiger partial charge in [-0.1, -0.05) is 68.7 Å². The van der Waals surface area contributed by atoms with Gasteiger partial charge in [-0.05, 0) is 100 Å². The maximum absolute atomic E-state index is 10.2. The molecule has 1 fully saturated rings. The number of aryl methyl sites for hydroxylation is 1. The smallest absolute Gasteiger partial charge is 0.0811 e. The Morgan fingerprint density at radius 2 is 1.58 bits per heavy atom. The Labute approximate surface area is 219 Å². The molecule has 1 aromatic carbocycles. The number of hydrogen-bond acceptors (Lipinski definition) is 4. The summed E-state index contributed by atoms with van der Waals surface area (Å²) in [6.07, 6.45) is 13.8. The molecule has 1 aliphatic carbocycles. The van der Waals surface area contributed by atoms with Gasteiger partial charge in [-0.2, -0.15) is 0 Å². The van der Waals surface area contributed by atoms with Crippen LogP contribution in [0.5, 0.6) is 0 Å². The van der Waals surface area contributed by atoms with Gasteiger partial charge < -0.3 is 20.4 Å². The third-order valence-corrected chi connectivity index (χ3v) is 7.04. The van der Waals surface area contributed by atoms with E-state index in [1.807, 2.05) is 33.8 Å². The van der Waals surface area contributed by atoms with Crippen molar-refractivity contribution >= 4 is 5.57 Å². The molecule has 0 aliphatic heterocycles. The third-order valence-electron chi connectivity index (χ3n) is 7.04. The van der Waals surface area contributed by atoms with Crippen molar-refractivity contribution in [3.63, 3.8) is 0 Å². The summed E-state index contributed by atoms with van der Waals surface area (Å²) in [5.41, 5.74) is 4.21. The number of aliphatic hydroxyl groups excluding tert-OH is 2. The van der Waals surface area contributed by atoms with E-state index in [2.05, 4.69) is 36.9 Å². The van der Waals surface area contributed by atoms with Crippen LogP contribution in [-0.4, -0.2) is 43.8 Å². The lowest BCUT2D eigenvalue weighted by atomic mass is 9.85. The van der Waals surface area contributed by atoms with Crippen LogP contribution < -0.4 is 0 Å². The summed E-state index contributed by atoms with van der Waals surface area (Å²) in [7, 11) is 0. The highest BCUT2D eigenvalue weighted by atomic mass is 16.3. The molecule has 0 aromatic heterocycles. The van der Waals surface area contributed by atoms with E-state index in [-0.39, 0.29) is 0 Å². The van der Waals surface area contributed by atoms with Crippen molar-refractivity contribution in [1.82, 2.24) is 0 Å². The average Bonchev–Trinajstić information content (AvgIpc) is 2.77. The van der Waals surface area contributed by atoms with Crippen molar-refractivity contribution in [2.24, 2.45) is 0 Å². The molecule has 1 aliphatic rings. The van der Waals surface area contributed by atoms with Gasteiger partial charge in [0.25, 0.3) is 0 Å². The largest absolute Gasteiger partial charge is 0.393 e. The lowest BCUT2D eigenvalue weighted by molar-refractivity contribution is 0.0674. The molecule has 0 spiro atoms. The molecule has 1 aromatic rings. The van der Waals surface area contributed by atoms with Gasteiger partial charge in [0.1, 0.15) is 0 Å². The summed E-state index contributed by atoms with van der Waals surface area (Å²) in [4.78, 5) is 0.